The molecule has 4 aromatic heterocycles. The van der Waals surface area contributed by atoms with Gasteiger partial charge in [-0.3, -0.25) is 24.5 Å². The van der Waals surface area contributed by atoms with Gasteiger partial charge in [0.2, 0.25) is 5.82 Å². The zero-order valence-electron chi connectivity index (χ0n) is 27.9. The van der Waals surface area contributed by atoms with Gasteiger partial charge in [-0.2, -0.15) is 0 Å². The van der Waals surface area contributed by atoms with E-state index in [0.29, 0.717) is 53.8 Å². The maximum atomic E-state index is 12.5. The number of pyridine rings is 2. The van der Waals surface area contributed by atoms with E-state index >= 15 is 0 Å². The summed E-state index contributed by atoms with van der Waals surface area (Å²) in [6.45, 7) is 3.63. The van der Waals surface area contributed by atoms with Crippen LogP contribution in [-0.2, 0) is 0 Å². The van der Waals surface area contributed by atoms with Crippen molar-refractivity contribution in [3.63, 3.8) is 0 Å². The molecule has 5 heterocycles. The number of hydrogen-bond donors (Lipinski definition) is 4. The molecule has 1 aliphatic heterocycles. The van der Waals surface area contributed by atoms with Gasteiger partial charge >= 0.3 is 0 Å². The molecule has 0 atom stereocenters. The molecular weight excluding hydrogens is 648 g/mol. The molecule has 260 valence electrons. The van der Waals surface area contributed by atoms with Gasteiger partial charge in [-0.05, 0) is 68.6 Å². The number of amides is 2. The fourth-order valence-electron chi connectivity index (χ4n) is 5.57. The third-order valence-electron chi connectivity index (χ3n) is 8.06. The Morgan fingerprint density at radius 1 is 0.725 bits per heavy atom. The van der Waals surface area contributed by atoms with Gasteiger partial charge in [0.15, 0.2) is 0 Å². The van der Waals surface area contributed by atoms with Crippen LogP contribution in [-0.4, -0.2) is 74.6 Å². The molecule has 14 heteroatoms. The van der Waals surface area contributed by atoms with Crippen molar-refractivity contribution in [2.24, 2.45) is 11.7 Å². The predicted octanol–water partition coefficient (Wildman–Crippen LogP) is 4.66. The first-order valence-corrected chi connectivity index (χ1v) is 16.7. The summed E-state index contributed by atoms with van der Waals surface area (Å²) in [5, 5.41) is 10.8. The zero-order chi connectivity index (χ0) is 35.3. The van der Waals surface area contributed by atoms with Crippen molar-refractivity contribution in [1.82, 2.24) is 35.2 Å². The number of anilines is 2. The van der Waals surface area contributed by atoms with Crippen LogP contribution in [0.25, 0.3) is 21.8 Å². The molecule has 2 amide bonds. The van der Waals surface area contributed by atoms with Gasteiger partial charge in [0.05, 0.1) is 35.2 Å². The van der Waals surface area contributed by atoms with E-state index in [2.05, 4.69) is 45.9 Å². The summed E-state index contributed by atoms with van der Waals surface area (Å²) < 4.78 is 11.6. The molecule has 1 aliphatic rings. The minimum Gasteiger partial charge on any atom is -0.493 e. The molecule has 5 N–H and O–H groups in total. The summed E-state index contributed by atoms with van der Waals surface area (Å²) in [7, 11) is 0. The van der Waals surface area contributed by atoms with Crippen LogP contribution in [0, 0.1) is 5.92 Å². The third kappa shape index (κ3) is 9.53. The van der Waals surface area contributed by atoms with Crippen molar-refractivity contribution < 1.29 is 19.1 Å². The highest BCUT2D eigenvalue weighted by atomic mass is 16.5. The quantitative estimate of drug-likeness (QED) is 0.148. The van der Waals surface area contributed by atoms with Crippen LogP contribution in [0.2, 0.25) is 0 Å². The minimum atomic E-state index is -0.409. The summed E-state index contributed by atoms with van der Waals surface area (Å²) in [5.74, 6) is 1.40. The van der Waals surface area contributed by atoms with Crippen molar-refractivity contribution in [3.8, 4) is 11.5 Å². The van der Waals surface area contributed by atoms with Crippen molar-refractivity contribution in [3.05, 3.63) is 109 Å². The van der Waals surface area contributed by atoms with Crippen LogP contribution in [0.3, 0.4) is 0 Å². The number of rotatable bonds is 11. The molecule has 51 heavy (non-hydrogen) atoms. The van der Waals surface area contributed by atoms with Crippen molar-refractivity contribution in [2.75, 3.05) is 43.5 Å². The number of ether oxygens (including phenoxy) is 2. The molecule has 2 aromatic carbocycles. The number of fused-ring (bicyclic) bond motifs is 2. The molecular formula is C37H38N10O4. The molecule has 14 nitrogen and oxygen atoms in total. The molecule has 0 saturated carbocycles. The number of nitrogens with zero attached hydrogens (tertiary/aromatic N) is 6. The minimum absolute atomic E-state index is 0.0878. The zero-order valence-corrected chi connectivity index (χ0v) is 27.9. The van der Waals surface area contributed by atoms with Gasteiger partial charge in [-0.25, -0.2) is 15.0 Å². The van der Waals surface area contributed by atoms with E-state index in [4.69, 9.17) is 15.2 Å². The maximum Gasteiger partial charge on any atom is 0.293 e. The van der Waals surface area contributed by atoms with Gasteiger partial charge in [0, 0.05) is 66.6 Å². The molecule has 0 spiro atoms. The van der Waals surface area contributed by atoms with E-state index in [1.165, 1.54) is 43.8 Å². The number of nitrogens with two attached hydrogens (primary N) is 1. The lowest BCUT2D eigenvalue weighted by molar-refractivity contribution is 0.101. The van der Waals surface area contributed by atoms with Crippen LogP contribution in [0.5, 0.6) is 11.5 Å². The Labute approximate surface area is 294 Å². The van der Waals surface area contributed by atoms with E-state index in [0.717, 1.165) is 36.0 Å². The second kappa shape index (κ2) is 17.5. The second-order valence-electron chi connectivity index (χ2n) is 11.6. The van der Waals surface area contributed by atoms with Gasteiger partial charge in [-0.15, -0.1) is 0 Å². The van der Waals surface area contributed by atoms with E-state index in [-0.39, 0.29) is 17.4 Å². The van der Waals surface area contributed by atoms with Crippen LogP contribution in [0.1, 0.15) is 40.4 Å². The van der Waals surface area contributed by atoms with Gasteiger partial charge in [0.1, 0.15) is 23.8 Å². The fourth-order valence-corrected chi connectivity index (χ4v) is 5.57. The molecule has 0 bridgehead atoms. The van der Waals surface area contributed by atoms with Crippen molar-refractivity contribution >= 4 is 45.0 Å². The van der Waals surface area contributed by atoms with E-state index in [1.807, 2.05) is 42.5 Å². The lowest BCUT2D eigenvalue weighted by Crippen LogP contribution is -2.28. The Balaban J connectivity index is 0.000000179. The standard InChI is InChI=1S/C21H23N5O2.C16H15N5O2/c27-21(19-14-23-9-10-24-19)26-18-13-17(12-16-2-1-6-25-20(16)18)28-11-5-15-3-7-22-8-4-15;17-4-8-23-12-9-11-3-1-5-18-14(11)13(10-12)21-16(22)15-19-6-2-7-20-15/h1-2,6,9-10,12-15,22H,3-5,7-8,11H2,(H,26,27);1-3,5-7,9-10H,4,8,17H2,(H,21,22). The highest BCUT2D eigenvalue weighted by Crippen LogP contribution is 2.30. The summed E-state index contributed by atoms with van der Waals surface area (Å²) in [5.41, 5.74) is 8.23. The second-order valence-corrected chi connectivity index (χ2v) is 11.6. The summed E-state index contributed by atoms with van der Waals surface area (Å²) >= 11 is 0. The Morgan fingerprint density at radius 3 is 1.94 bits per heavy atom. The number of benzene rings is 2. The Bertz CT molecular complexity index is 2060. The first-order valence-electron chi connectivity index (χ1n) is 16.7. The Hall–Kier alpha value is -6.12. The van der Waals surface area contributed by atoms with Gasteiger partial charge in [0.25, 0.3) is 11.8 Å². The third-order valence-corrected chi connectivity index (χ3v) is 8.06. The topological polar surface area (TPSA) is 192 Å². The molecule has 0 aliphatic carbocycles. The lowest BCUT2D eigenvalue weighted by atomic mass is 9.95. The largest absolute Gasteiger partial charge is 0.493 e. The predicted molar refractivity (Wildman–Crippen MR) is 194 cm³/mol. The van der Waals surface area contributed by atoms with Gasteiger partial charge < -0.3 is 31.2 Å². The maximum absolute atomic E-state index is 12.5. The van der Waals surface area contributed by atoms with Crippen LogP contribution in [0.4, 0.5) is 11.4 Å². The van der Waals surface area contributed by atoms with Crippen molar-refractivity contribution in [1.29, 1.82) is 0 Å². The lowest BCUT2D eigenvalue weighted by Gasteiger charge is -2.22. The number of hydrogen-bond acceptors (Lipinski definition) is 12. The SMILES string of the molecule is NCCOc1cc(NC(=O)c2ncccn2)c2ncccc2c1.O=C(Nc1cc(OCCC2CCNCC2)cc2cccnc12)c1cnccn1. The first kappa shape index (κ1) is 34.7. The Morgan fingerprint density at radius 2 is 1.33 bits per heavy atom. The molecule has 1 fully saturated rings. The smallest absolute Gasteiger partial charge is 0.293 e. The van der Waals surface area contributed by atoms with Crippen molar-refractivity contribution in [2.45, 2.75) is 19.3 Å². The van der Waals surface area contributed by atoms with E-state index < -0.39 is 5.91 Å². The molecule has 0 unspecified atom stereocenters. The normalized spacial score (nSPS) is 12.8. The molecule has 7 rings (SSSR count). The number of piperidine rings is 1. The van der Waals surface area contributed by atoms with Gasteiger partial charge in [-0.1, -0.05) is 12.1 Å². The highest BCUT2D eigenvalue weighted by molar-refractivity contribution is 6.08. The number of aromatic nitrogens is 6. The molecule has 0 radical (unpaired) electrons. The fraction of sp³-hybridized carbons (Fsp3) is 0.243. The number of carbonyl (C=O) groups is 2. The number of carbonyl (C=O) groups excluding carboxylic acids is 2. The van der Waals surface area contributed by atoms with Crippen LogP contribution in [0.15, 0.2) is 98.0 Å². The average molecular weight is 687 g/mol. The highest BCUT2D eigenvalue weighted by Gasteiger charge is 2.16. The Kier molecular flexibility index (Phi) is 11.9. The summed E-state index contributed by atoms with van der Waals surface area (Å²) in [4.78, 5) is 49.3. The number of nitrogens with one attached hydrogen (secondary N) is 3. The molecule has 1 saturated heterocycles. The molecule has 6 aromatic rings. The summed E-state index contributed by atoms with van der Waals surface area (Å²) in [6.07, 6.45) is 14.3. The van der Waals surface area contributed by atoms with E-state index in [9.17, 15) is 9.59 Å². The van der Waals surface area contributed by atoms with E-state index in [1.54, 1.807) is 24.5 Å². The average Bonchev–Trinajstić information content (AvgIpc) is 3.18. The van der Waals surface area contributed by atoms with Crippen LogP contribution >= 0.6 is 0 Å². The monoisotopic (exact) mass is 686 g/mol. The summed E-state index contributed by atoms with van der Waals surface area (Å²) in [6, 6.07) is 16.5. The van der Waals surface area contributed by atoms with Crippen LogP contribution < -0.4 is 31.2 Å². The first-order chi connectivity index (χ1) is 25.1.